The first-order valence-corrected chi connectivity index (χ1v) is 4.48. The molecule has 1 heterocycles. The fourth-order valence-corrected chi connectivity index (χ4v) is 1.38. The van der Waals surface area contributed by atoms with Crippen molar-refractivity contribution in [2.75, 3.05) is 6.61 Å². The van der Waals surface area contributed by atoms with Gasteiger partial charge in [0.05, 0.1) is 0 Å². The highest BCUT2D eigenvalue weighted by atomic mass is 16.5. The molecule has 1 saturated carbocycles. The number of nitrogens with zero attached hydrogens (tertiary/aromatic N) is 1. The maximum absolute atomic E-state index is 10.7. The number of rotatable bonds is 4. The zero-order valence-electron chi connectivity index (χ0n) is 7.45. The summed E-state index contributed by atoms with van der Waals surface area (Å²) in [5.74, 6) is 0.510. The molecule has 0 bridgehead atoms. The van der Waals surface area contributed by atoms with E-state index in [9.17, 15) is 4.79 Å². The van der Waals surface area contributed by atoms with Gasteiger partial charge in [-0.2, -0.15) is 0 Å². The highest BCUT2D eigenvalue weighted by molar-refractivity contribution is 4.95. The van der Waals surface area contributed by atoms with Crippen LogP contribution >= 0.6 is 0 Å². The van der Waals surface area contributed by atoms with Crippen molar-refractivity contribution in [3.8, 4) is 0 Å². The molecule has 5 nitrogen and oxygen atoms in total. The number of ether oxygens (including phenoxy) is 1. The second-order valence-electron chi connectivity index (χ2n) is 3.19. The van der Waals surface area contributed by atoms with Gasteiger partial charge in [-0.15, -0.1) is 0 Å². The molecule has 1 atom stereocenters. The first-order chi connectivity index (χ1) is 6.31. The van der Waals surface area contributed by atoms with Crippen LogP contribution in [-0.4, -0.2) is 16.7 Å². The summed E-state index contributed by atoms with van der Waals surface area (Å²) in [5, 5.41) is 3.63. The molecule has 5 heteroatoms. The van der Waals surface area contributed by atoms with Crippen LogP contribution in [0.4, 0.5) is 0 Å². The lowest BCUT2D eigenvalue weighted by Gasteiger charge is -2.11. The van der Waals surface area contributed by atoms with Gasteiger partial charge in [0, 0.05) is 6.61 Å². The van der Waals surface area contributed by atoms with Crippen LogP contribution in [-0.2, 0) is 4.74 Å². The summed E-state index contributed by atoms with van der Waals surface area (Å²) < 4.78 is 9.90. The minimum atomic E-state index is -0.514. The van der Waals surface area contributed by atoms with E-state index in [0.717, 1.165) is 12.8 Å². The highest BCUT2D eigenvalue weighted by Gasteiger charge is 2.35. The van der Waals surface area contributed by atoms with E-state index < -0.39 is 5.76 Å². The van der Waals surface area contributed by atoms with Gasteiger partial charge in [0.1, 0.15) is 6.10 Å². The van der Waals surface area contributed by atoms with E-state index in [1.165, 1.54) is 0 Å². The highest BCUT2D eigenvalue weighted by Crippen LogP contribution is 2.41. The molecule has 0 amide bonds. The second-order valence-corrected chi connectivity index (χ2v) is 3.19. The van der Waals surface area contributed by atoms with E-state index in [0.29, 0.717) is 18.3 Å². The Morgan fingerprint density at radius 2 is 2.54 bits per heavy atom. The van der Waals surface area contributed by atoms with Gasteiger partial charge in [-0.05, 0) is 25.7 Å². The third kappa shape index (κ3) is 1.80. The molecule has 0 saturated heterocycles. The Morgan fingerprint density at radius 1 is 1.77 bits per heavy atom. The molecule has 1 aliphatic rings. The van der Waals surface area contributed by atoms with Crippen molar-refractivity contribution in [2.45, 2.75) is 25.9 Å². The van der Waals surface area contributed by atoms with Crippen molar-refractivity contribution in [1.29, 1.82) is 0 Å². The molecule has 1 aromatic rings. The zero-order chi connectivity index (χ0) is 9.26. The van der Waals surface area contributed by atoms with Gasteiger partial charge < -0.3 is 4.74 Å². The number of hydrogen-bond donors (Lipinski definition) is 1. The van der Waals surface area contributed by atoms with E-state index in [1.54, 1.807) is 0 Å². The fourth-order valence-electron chi connectivity index (χ4n) is 1.38. The lowest BCUT2D eigenvalue weighted by molar-refractivity contribution is 0.0384. The van der Waals surface area contributed by atoms with Gasteiger partial charge in [-0.25, -0.2) is 4.79 Å². The van der Waals surface area contributed by atoms with E-state index >= 15 is 0 Å². The zero-order valence-corrected chi connectivity index (χ0v) is 7.45. The average Bonchev–Trinajstić information content (AvgIpc) is 2.85. The molecule has 1 N–H and O–H groups in total. The van der Waals surface area contributed by atoms with Crippen molar-refractivity contribution in [2.24, 2.45) is 5.92 Å². The standard InChI is InChI=1S/C8H12N2O3/c1-2-12-6(5-3-4-5)7-9-8(11)13-10-7/h5-6H,2-4H2,1H3,(H,9,10,11). The number of aromatic amines is 1. The smallest absolute Gasteiger partial charge is 0.370 e. The Hall–Kier alpha value is -1.10. The number of hydrogen-bond acceptors (Lipinski definition) is 4. The monoisotopic (exact) mass is 184 g/mol. The Labute approximate surface area is 75.1 Å². The Bertz CT molecular complexity index is 326. The molecule has 0 spiro atoms. The summed E-state index contributed by atoms with van der Waals surface area (Å²) in [5.41, 5.74) is 0. The largest absolute Gasteiger partial charge is 0.438 e. The summed E-state index contributed by atoms with van der Waals surface area (Å²) in [7, 11) is 0. The number of aromatic nitrogens is 2. The molecule has 0 aliphatic heterocycles. The van der Waals surface area contributed by atoms with Gasteiger partial charge >= 0.3 is 5.76 Å². The first kappa shape index (κ1) is 8.50. The van der Waals surface area contributed by atoms with Gasteiger partial charge in [-0.1, -0.05) is 5.16 Å². The van der Waals surface area contributed by atoms with Gasteiger partial charge in [0.2, 0.25) is 0 Å². The summed E-state index contributed by atoms with van der Waals surface area (Å²) in [4.78, 5) is 13.2. The maximum atomic E-state index is 10.7. The molecule has 1 fully saturated rings. The number of nitrogens with one attached hydrogen (secondary N) is 1. The van der Waals surface area contributed by atoms with Crippen LogP contribution in [0.25, 0.3) is 0 Å². The minimum Gasteiger partial charge on any atom is -0.370 e. The molecular formula is C8H12N2O3. The van der Waals surface area contributed by atoms with E-state index in [1.807, 2.05) is 6.92 Å². The molecule has 2 rings (SSSR count). The minimum absolute atomic E-state index is 0.0866. The van der Waals surface area contributed by atoms with Gasteiger partial charge in [-0.3, -0.25) is 9.51 Å². The van der Waals surface area contributed by atoms with Crippen molar-refractivity contribution >= 4 is 0 Å². The van der Waals surface area contributed by atoms with Crippen LogP contribution < -0.4 is 5.76 Å². The topological polar surface area (TPSA) is 68.1 Å². The summed E-state index contributed by atoms with van der Waals surface area (Å²) >= 11 is 0. The van der Waals surface area contributed by atoms with E-state index in [2.05, 4.69) is 14.7 Å². The molecular weight excluding hydrogens is 172 g/mol. The normalized spacial score (nSPS) is 18.8. The van der Waals surface area contributed by atoms with Crippen LogP contribution in [0.3, 0.4) is 0 Å². The Morgan fingerprint density at radius 3 is 3.00 bits per heavy atom. The summed E-state index contributed by atoms with van der Waals surface area (Å²) in [6, 6.07) is 0. The molecule has 1 aliphatic carbocycles. The fraction of sp³-hybridized carbons (Fsp3) is 0.750. The van der Waals surface area contributed by atoms with Crippen LogP contribution in [0.5, 0.6) is 0 Å². The predicted octanol–water partition coefficient (Wildman–Crippen LogP) is 0.851. The molecule has 13 heavy (non-hydrogen) atoms. The van der Waals surface area contributed by atoms with Crippen molar-refractivity contribution in [1.82, 2.24) is 10.1 Å². The van der Waals surface area contributed by atoms with Gasteiger partial charge in [0.15, 0.2) is 5.82 Å². The van der Waals surface area contributed by atoms with Gasteiger partial charge in [0.25, 0.3) is 0 Å². The third-order valence-electron chi connectivity index (χ3n) is 2.12. The summed E-state index contributed by atoms with van der Waals surface area (Å²) in [6.45, 7) is 2.55. The van der Waals surface area contributed by atoms with Crippen LogP contribution in [0.1, 0.15) is 31.7 Å². The average molecular weight is 184 g/mol. The lowest BCUT2D eigenvalue weighted by atomic mass is 10.2. The predicted molar refractivity (Wildman–Crippen MR) is 44.2 cm³/mol. The van der Waals surface area contributed by atoms with Crippen molar-refractivity contribution < 1.29 is 9.26 Å². The first-order valence-electron chi connectivity index (χ1n) is 4.48. The van der Waals surface area contributed by atoms with Crippen molar-refractivity contribution in [3.05, 3.63) is 16.4 Å². The quantitative estimate of drug-likeness (QED) is 0.753. The number of H-pyrrole nitrogens is 1. The molecule has 1 unspecified atom stereocenters. The van der Waals surface area contributed by atoms with E-state index in [4.69, 9.17) is 4.74 Å². The van der Waals surface area contributed by atoms with E-state index in [-0.39, 0.29) is 6.10 Å². The van der Waals surface area contributed by atoms with Crippen molar-refractivity contribution in [3.63, 3.8) is 0 Å². The maximum Gasteiger partial charge on any atom is 0.438 e. The summed E-state index contributed by atoms with van der Waals surface area (Å²) in [6.07, 6.45) is 2.19. The van der Waals surface area contributed by atoms with Crippen LogP contribution in [0, 0.1) is 5.92 Å². The van der Waals surface area contributed by atoms with Crippen LogP contribution in [0.2, 0.25) is 0 Å². The lowest BCUT2D eigenvalue weighted by Crippen LogP contribution is -2.09. The Balaban J connectivity index is 2.14. The molecule has 0 radical (unpaired) electrons. The van der Waals surface area contributed by atoms with Crippen LogP contribution in [0.15, 0.2) is 9.32 Å². The Kier molecular flexibility index (Phi) is 2.18. The molecule has 72 valence electrons. The molecule has 1 aromatic heterocycles. The molecule has 0 aromatic carbocycles. The SMILES string of the molecule is CCOC(c1noc(=O)[nH]1)C1CC1. The second kappa shape index (κ2) is 3.33. The third-order valence-corrected chi connectivity index (χ3v) is 2.12.